The maximum absolute atomic E-state index is 10.6. The lowest BCUT2D eigenvalue weighted by Gasteiger charge is -1.85. The Labute approximate surface area is 72.6 Å². The lowest BCUT2D eigenvalue weighted by molar-refractivity contribution is 0.0691. The van der Waals surface area contributed by atoms with Crippen LogP contribution in [-0.2, 0) is 0 Å². The van der Waals surface area contributed by atoms with E-state index in [4.69, 9.17) is 5.11 Å². The minimum absolute atomic E-state index is 0.264. The number of carboxylic acids is 1. The smallest absolute Gasteiger partial charge is 0.352 e. The van der Waals surface area contributed by atoms with Crippen molar-refractivity contribution >= 4 is 27.5 Å². The molecule has 0 atom stereocenters. The van der Waals surface area contributed by atoms with Crippen molar-refractivity contribution in [3.8, 4) is 0 Å². The molecule has 0 aliphatic rings. The summed E-state index contributed by atoms with van der Waals surface area (Å²) in [5.74, 6) is -0.905. The zero-order valence-electron chi connectivity index (χ0n) is 6.42. The largest absolute Gasteiger partial charge is 0.477 e. The molecule has 2 rings (SSSR count). The van der Waals surface area contributed by atoms with Gasteiger partial charge in [0.2, 0.25) is 0 Å². The number of hydrogen-bond acceptors (Lipinski definition) is 2. The van der Waals surface area contributed by atoms with Gasteiger partial charge in [0.15, 0.2) is 0 Å². The van der Waals surface area contributed by atoms with Crippen molar-refractivity contribution in [1.82, 2.24) is 4.98 Å². The highest BCUT2D eigenvalue weighted by atomic mass is 32.1. The van der Waals surface area contributed by atoms with Crippen molar-refractivity contribution in [2.45, 2.75) is 6.92 Å². The van der Waals surface area contributed by atoms with Gasteiger partial charge in [-0.25, -0.2) is 4.79 Å². The van der Waals surface area contributed by atoms with Crippen LogP contribution in [0, 0.1) is 6.92 Å². The van der Waals surface area contributed by atoms with Gasteiger partial charge < -0.3 is 10.1 Å². The predicted molar refractivity (Wildman–Crippen MR) is 47.9 cm³/mol. The zero-order valence-corrected chi connectivity index (χ0v) is 7.23. The lowest BCUT2D eigenvalue weighted by atomic mass is 10.3. The first-order valence-electron chi connectivity index (χ1n) is 3.48. The van der Waals surface area contributed by atoms with Crippen LogP contribution < -0.4 is 0 Å². The highest BCUT2D eigenvalue weighted by Crippen LogP contribution is 2.25. The van der Waals surface area contributed by atoms with E-state index >= 15 is 0 Å². The van der Waals surface area contributed by atoms with E-state index in [9.17, 15) is 4.79 Å². The molecule has 0 spiro atoms. The van der Waals surface area contributed by atoms with Crippen LogP contribution in [0.5, 0.6) is 0 Å². The molecule has 62 valence electrons. The molecule has 0 saturated carbocycles. The number of rotatable bonds is 1. The number of carbonyl (C=O) groups is 1. The van der Waals surface area contributed by atoms with Crippen molar-refractivity contribution in [3.05, 3.63) is 22.7 Å². The summed E-state index contributed by atoms with van der Waals surface area (Å²) in [5, 5.41) is 10.7. The molecule has 2 aromatic rings. The first-order chi connectivity index (χ1) is 5.68. The molecule has 0 aliphatic heterocycles. The minimum atomic E-state index is -0.905. The molecule has 2 N–H and O–H groups in total. The summed E-state index contributed by atoms with van der Waals surface area (Å²) >= 11 is 1.56. The van der Waals surface area contributed by atoms with Crippen LogP contribution in [0.25, 0.3) is 10.2 Å². The summed E-state index contributed by atoms with van der Waals surface area (Å²) in [7, 11) is 0. The summed E-state index contributed by atoms with van der Waals surface area (Å²) in [5.41, 5.74) is 2.31. The van der Waals surface area contributed by atoms with Gasteiger partial charge in [0.25, 0.3) is 0 Å². The van der Waals surface area contributed by atoms with Gasteiger partial charge in [-0.05, 0) is 23.9 Å². The molecule has 0 fully saturated rings. The molecule has 12 heavy (non-hydrogen) atoms. The molecule has 0 amide bonds. The number of aromatic amines is 1. The molecule has 2 aromatic heterocycles. The quantitative estimate of drug-likeness (QED) is 0.708. The van der Waals surface area contributed by atoms with E-state index in [0.29, 0.717) is 0 Å². The van der Waals surface area contributed by atoms with E-state index in [1.807, 2.05) is 12.3 Å². The molecule has 3 nitrogen and oxygen atoms in total. The number of aromatic carboxylic acids is 1. The van der Waals surface area contributed by atoms with E-state index in [1.54, 1.807) is 17.4 Å². The third-order valence-corrected chi connectivity index (χ3v) is 2.82. The van der Waals surface area contributed by atoms with Gasteiger partial charge in [-0.2, -0.15) is 0 Å². The number of aryl methyl sites for hydroxylation is 1. The maximum atomic E-state index is 10.6. The third-order valence-electron chi connectivity index (χ3n) is 1.77. The van der Waals surface area contributed by atoms with Gasteiger partial charge >= 0.3 is 5.97 Å². The number of aromatic nitrogens is 1. The highest BCUT2D eigenvalue weighted by molar-refractivity contribution is 7.17. The van der Waals surface area contributed by atoms with Crippen LogP contribution >= 0.6 is 11.3 Å². The van der Waals surface area contributed by atoms with Crippen molar-refractivity contribution in [2.75, 3.05) is 0 Å². The molecule has 0 saturated heterocycles. The minimum Gasteiger partial charge on any atom is -0.477 e. The average Bonchev–Trinajstić information content (AvgIpc) is 2.53. The van der Waals surface area contributed by atoms with E-state index in [0.717, 1.165) is 15.8 Å². The fourth-order valence-corrected chi connectivity index (χ4v) is 2.08. The van der Waals surface area contributed by atoms with E-state index in [-0.39, 0.29) is 5.69 Å². The van der Waals surface area contributed by atoms with Crippen molar-refractivity contribution in [1.29, 1.82) is 0 Å². The zero-order chi connectivity index (χ0) is 8.72. The molecule has 0 radical (unpaired) electrons. The van der Waals surface area contributed by atoms with Crippen molar-refractivity contribution in [3.63, 3.8) is 0 Å². The van der Waals surface area contributed by atoms with Crippen LogP contribution in [0.4, 0.5) is 0 Å². The summed E-state index contributed by atoms with van der Waals surface area (Å²) in [6, 6.07) is 1.66. The molecule has 2 heterocycles. The summed E-state index contributed by atoms with van der Waals surface area (Å²) in [6.45, 7) is 1.96. The Hall–Kier alpha value is -1.29. The van der Waals surface area contributed by atoms with Gasteiger partial charge in [-0.3, -0.25) is 0 Å². The topological polar surface area (TPSA) is 53.1 Å². The van der Waals surface area contributed by atoms with Crippen LogP contribution in [-0.4, -0.2) is 16.1 Å². The van der Waals surface area contributed by atoms with E-state index in [2.05, 4.69) is 4.98 Å². The SMILES string of the molecule is Cc1csc2cc(C(=O)O)[nH]c12. The third kappa shape index (κ3) is 0.921. The molecule has 0 aromatic carbocycles. The number of hydrogen-bond donors (Lipinski definition) is 2. The normalized spacial score (nSPS) is 10.8. The molecule has 0 aliphatic carbocycles. The number of nitrogens with one attached hydrogen (secondary N) is 1. The van der Waals surface area contributed by atoms with Gasteiger partial charge in [-0.15, -0.1) is 11.3 Å². The highest BCUT2D eigenvalue weighted by Gasteiger charge is 2.09. The number of H-pyrrole nitrogens is 1. The van der Waals surface area contributed by atoms with Gasteiger partial charge in [0.05, 0.1) is 10.2 Å². The number of fused-ring (bicyclic) bond motifs is 1. The second kappa shape index (κ2) is 2.35. The molecular weight excluding hydrogens is 174 g/mol. The fourth-order valence-electron chi connectivity index (χ4n) is 1.15. The van der Waals surface area contributed by atoms with Gasteiger partial charge in [0.1, 0.15) is 5.69 Å². The van der Waals surface area contributed by atoms with Gasteiger partial charge in [-0.1, -0.05) is 0 Å². The maximum Gasteiger partial charge on any atom is 0.352 e. The monoisotopic (exact) mass is 181 g/mol. The first-order valence-corrected chi connectivity index (χ1v) is 4.36. The van der Waals surface area contributed by atoms with E-state index in [1.165, 1.54) is 0 Å². The van der Waals surface area contributed by atoms with Crippen molar-refractivity contribution < 1.29 is 9.90 Å². The Balaban J connectivity index is 2.70. The molecule has 0 unspecified atom stereocenters. The van der Waals surface area contributed by atoms with Crippen LogP contribution in [0.15, 0.2) is 11.4 Å². The predicted octanol–water partition coefficient (Wildman–Crippen LogP) is 2.24. The summed E-state index contributed by atoms with van der Waals surface area (Å²) in [4.78, 5) is 13.4. The van der Waals surface area contributed by atoms with Crippen LogP contribution in [0.2, 0.25) is 0 Å². The second-order valence-corrected chi connectivity index (χ2v) is 3.56. The Morgan fingerprint density at radius 1 is 1.67 bits per heavy atom. The van der Waals surface area contributed by atoms with Gasteiger partial charge in [0, 0.05) is 0 Å². The van der Waals surface area contributed by atoms with E-state index < -0.39 is 5.97 Å². The summed E-state index contributed by atoms with van der Waals surface area (Å²) < 4.78 is 1.00. The molecule has 4 heteroatoms. The number of thiophene rings is 1. The van der Waals surface area contributed by atoms with Crippen LogP contribution in [0.1, 0.15) is 16.1 Å². The number of carboxylic acid groups (broad SMARTS) is 1. The first kappa shape index (κ1) is 7.36. The molecule has 0 bridgehead atoms. The Morgan fingerprint density at radius 2 is 2.42 bits per heavy atom. The Bertz CT molecular complexity index is 441. The van der Waals surface area contributed by atoms with Crippen molar-refractivity contribution in [2.24, 2.45) is 0 Å². The average molecular weight is 181 g/mol. The summed E-state index contributed by atoms with van der Waals surface area (Å²) in [6.07, 6.45) is 0. The lowest BCUT2D eigenvalue weighted by Crippen LogP contribution is -1.95. The Morgan fingerprint density at radius 3 is 3.00 bits per heavy atom. The fraction of sp³-hybridized carbons (Fsp3) is 0.125. The Kier molecular flexibility index (Phi) is 1.44. The van der Waals surface area contributed by atoms with Crippen LogP contribution in [0.3, 0.4) is 0 Å². The standard InChI is InChI=1S/C8H7NO2S/c1-4-3-12-6-2-5(8(10)11)9-7(4)6/h2-3,9H,1H3,(H,10,11). The second-order valence-electron chi connectivity index (χ2n) is 2.65. The molecular formula is C8H7NO2S.